The Labute approximate surface area is 162 Å². The minimum atomic E-state index is 0.254. The molecular formula is C22H31N3O2. The van der Waals surface area contributed by atoms with Crippen LogP contribution in [-0.2, 0) is 12.8 Å². The molecule has 1 aliphatic rings. The average Bonchev–Trinajstić information content (AvgIpc) is 2.71. The number of likely N-dealkylation sites (tertiary alicyclic amines) is 1. The first kappa shape index (κ1) is 19.6. The van der Waals surface area contributed by atoms with Gasteiger partial charge in [0.15, 0.2) is 0 Å². The topological polar surface area (TPSA) is 71.6 Å². The predicted octanol–water partition coefficient (Wildman–Crippen LogP) is 3.29. The summed E-state index contributed by atoms with van der Waals surface area (Å²) in [6.45, 7) is 4.48. The molecule has 1 aliphatic heterocycles. The lowest BCUT2D eigenvalue weighted by atomic mass is 9.95. The van der Waals surface area contributed by atoms with Gasteiger partial charge in [0.05, 0.1) is 19.4 Å². The third-order valence-electron chi connectivity index (χ3n) is 5.58. The van der Waals surface area contributed by atoms with Gasteiger partial charge in [-0.15, -0.1) is 0 Å². The minimum absolute atomic E-state index is 0.254. The fourth-order valence-electron chi connectivity index (χ4n) is 4.02. The second-order valence-electron chi connectivity index (χ2n) is 7.24. The number of rotatable bonds is 7. The first-order chi connectivity index (χ1) is 13.2. The maximum absolute atomic E-state index is 9.65. The van der Waals surface area contributed by atoms with E-state index in [1.165, 1.54) is 24.0 Å². The van der Waals surface area contributed by atoms with Crippen molar-refractivity contribution in [1.29, 1.82) is 0 Å². The quantitative estimate of drug-likeness (QED) is 0.784. The number of piperidine rings is 1. The van der Waals surface area contributed by atoms with E-state index >= 15 is 0 Å². The molecule has 0 saturated carbocycles. The van der Waals surface area contributed by atoms with E-state index < -0.39 is 0 Å². The molecule has 3 rings (SSSR count). The highest BCUT2D eigenvalue weighted by Gasteiger charge is 2.22. The van der Waals surface area contributed by atoms with Crippen LogP contribution in [0.2, 0.25) is 0 Å². The molecule has 5 heteroatoms. The molecule has 27 heavy (non-hydrogen) atoms. The van der Waals surface area contributed by atoms with E-state index in [2.05, 4.69) is 28.9 Å². The van der Waals surface area contributed by atoms with Crippen LogP contribution in [0.3, 0.4) is 0 Å². The van der Waals surface area contributed by atoms with Gasteiger partial charge in [0.1, 0.15) is 11.6 Å². The number of aromatic nitrogens is 1. The molecule has 1 aromatic carbocycles. The molecule has 0 amide bonds. The van der Waals surface area contributed by atoms with Crippen molar-refractivity contribution in [3.8, 4) is 17.0 Å². The summed E-state index contributed by atoms with van der Waals surface area (Å²) in [7, 11) is 1.70. The number of nitrogens with zero attached hydrogens (tertiary/aromatic N) is 2. The lowest BCUT2D eigenvalue weighted by molar-refractivity contribution is 0.0913. The van der Waals surface area contributed by atoms with Gasteiger partial charge in [0, 0.05) is 18.2 Å². The van der Waals surface area contributed by atoms with Crippen LogP contribution in [0.5, 0.6) is 5.75 Å². The Kier molecular flexibility index (Phi) is 6.69. The van der Waals surface area contributed by atoms with Gasteiger partial charge in [-0.3, -0.25) is 4.90 Å². The first-order valence-corrected chi connectivity index (χ1v) is 9.93. The Balaban J connectivity index is 1.85. The molecule has 3 N–H and O–H groups in total. The number of benzene rings is 1. The highest BCUT2D eigenvalue weighted by atomic mass is 16.5. The van der Waals surface area contributed by atoms with Gasteiger partial charge in [-0.1, -0.05) is 19.4 Å². The summed E-state index contributed by atoms with van der Waals surface area (Å²) in [5.41, 5.74) is 10.3. The van der Waals surface area contributed by atoms with Gasteiger partial charge < -0.3 is 15.6 Å². The van der Waals surface area contributed by atoms with E-state index in [0.29, 0.717) is 11.9 Å². The molecule has 1 fully saturated rings. The van der Waals surface area contributed by atoms with E-state index in [-0.39, 0.29) is 6.61 Å². The van der Waals surface area contributed by atoms with Gasteiger partial charge in [0.2, 0.25) is 0 Å². The van der Waals surface area contributed by atoms with Crippen LogP contribution in [0.1, 0.15) is 37.3 Å². The predicted molar refractivity (Wildman–Crippen MR) is 110 cm³/mol. The van der Waals surface area contributed by atoms with Crippen molar-refractivity contribution in [3.05, 3.63) is 41.5 Å². The fourth-order valence-corrected chi connectivity index (χ4v) is 4.02. The third-order valence-corrected chi connectivity index (χ3v) is 5.58. The number of hydrogen-bond acceptors (Lipinski definition) is 5. The molecule has 1 saturated heterocycles. The fraction of sp³-hybridized carbons (Fsp3) is 0.500. The largest absolute Gasteiger partial charge is 0.496 e. The maximum atomic E-state index is 9.65. The number of nitrogens with two attached hydrogens (primary N) is 1. The molecule has 146 valence electrons. The summed E-state index contributed by atoms with van der Waals surface area (Å²) in [6.07, 6.45) is 5.46. The van der Waals surface area contributed by atoms with Crippen LogP contribution in [0.25, 0.3) is 11.3 Å². The maximum Gasteiger partial charge on any atom is 0.128 e. The van der Waals surface area contributed by atoms with Crippen molar-refractivity contribution in [3.63, 3.8) is 0 Å². The lowest BCUT2D eigenvalue weighted by Crippen LogP contribution is -2.42. The molecule has 1 atom stereocenters. The highest BCUT2D eigenvalue weighted by molar-refractivity contribution is 5.70. The summed E-state index contributed by atoms with van der Waals surface area (Å²) in [4.78, 5) is 6.89. The zero-order chi connectivity index (χ0) is 19.2. The Bertz CT molecular complexity index is 763. The van der Waals surface area contributed by atoms with Crippen molar-refractivity contribution in [1.82, 2.24) is 9.88 Å². The molecule has 1 unspecified atom stereocenters. The van der Waals surface area contributed by atoms with Gasteiger partial charge in [0.25, 0.3) is 0 Å². The normalized spacial score (nSPS) is 17.8. The SMILES string of the molecule is CCc1cc(-c2cccc(N)n2)c(OC)cc1CCN1CCCCC1CO. The van der Waals surface area contributed by atoms with Crippen LogP contribution in [-0.4, -0.2) is 47.8 Å². The lowest BCUT2D eigenvalue weighted by Gasteiger charge is -2.34. The van der Waals surface area contributed by atoms with Crippen LogP contribution in [0, 0.1) is 0 Å². The van der Waals surface area contributed by atoms with Gasteiger partial charge in [-0.2, -0.15) is 0 Å². The van der Waals surface area contributed by atoms with Crippen LogP contribution in [0.15, 0.2) is 30.3 Å². The Morgan fingerprint density at radius 2 is 2.11 bits per heavy atom. The van der Waals surface area contributed by atoms with E-state index in [0.717, 1.165) is 49.4 Å². The van der Waals surface area contributed by atoms with Crippen molar-refractivity contribution in [2.75, 3.05) is 32.5 Å². The summed E-state index contributed by atoms with van der Waals surface area (Å²) >= 11 is 0. The summed E-state index contributed by atoms with van der Waals surface area (Å²) < 4.78 is 5.68. The molecule has 0 bridgehead atoms. The monoisotopic (exact) mass is 369 g/mol. The third kappa shape index (κ3) is 4.60. The molecule has 2 heterocycles. The average molecular weight is 370 g/mol. The number of aryl methyl sites for hydroxylation is 1. The molecule has 2 aromatic rings. The van der Waals surface area contributed by atoms with Gasteiger partial charge >= 0.3 is 0 Å². The number of aliphatic hydroxyl groups excluding tert-OH is 1. The molecule has 1 aromatic heterocycles. The van der Waals surface area contributed by atoms with Crippen molar-refractivity contribution >= 4 is 5.82 Å². The van der Waals surface area contributed by atoms with E-state index in [9.17, 15) is 5.11 Å². The smallest absolute Gasteiger partial charge is 0.128 e. The standard InChI is InChI=1S/C22H31N3O2/c1-3-16-13-19(20-8-6-9-22(23)24-20)21(27-2)14-17(16)10-12-25-11-5-4-7-18(25)15-26/h6,8-9,13-14,18,26H,3-5,7,10-12,15H2,1-2H3,(H2,23,24). The summed E-state index contributed by atoms with van der Waals surface area (Å²) in [5, 5.41) is 9.65. The second kappa shape index (κ2) is 9.20. The minimum Gasteiger partial charge on any atom is -0.496 e. The number of hydrogen-bond donors (Lipinski definition) is 2. The zero-order valence-corrected chi connectivity index (χ0v) is 16.4. The number of methoxy groups -OCH3 is 1. The van der Waals surface area contributed by atoms with E-state index in [1.807, 2.05) is 12.1 Å². The first-order valence-electron chi connectivity index (χ1n) is 9.93. The molecule has 5 nitrogen and oxygen atoms in total. The van der Waals surface area contributed by atoms with Gasteiger partial charge in [-0.05, 0) is 67.6 Å². The van der Waals surface area contributed by atoms with Crippen LogP contribution >= 0.6 is 0 Å². The van der Waals surface area contributed by atoms with E-state index in [1.54, 1.807) is 13.2 Å². The number of nitrogen functional groups attached to an aromatic ring is 1. The zero-order valence-electron chi connectivity index (χ0n) is 16.4. The molecule has 0 aliphatic carbocycles. The number of ether oxygens (including phenoxy) is 1. The Morgan fingerprint density at radius 3 is 2.81 bits per heavy atom. The number of aliphatic hydroxyl groups is 1. The Morgan fingerprint density at radius 1 is 1.26 bits per heavy atom. The Hall–Kier alpha value is -2.11. The second-order valence-corrected chi connectivity index (χ2v) is 7.24. The van der Waals surface area contributed by atoms with Crippen LogP contribution in [0.4, 0.5) is 5.82 Å². The van der Waals surface area contributed by atoms with E-state index in [4.69, 9.17) is 10.5 Å². The molecular weight excluding hydrogens is 338 g/mol. The van der Waals surface area contributed by atoms with Gasteiger partial charge in [-0.25, -0.2) is 4.98 Å². The van der Waals surface area contributed by atoms with Crippen LogP contribution < -0.4 is 10.5 Å². The number of pyridine rings is 1. The molecule has 0 radical (unpaired) electrons. The van der Waals surface area contributed by atoms with Crippen molar-refractivity contribution in [2.45, 2.75) is 45.1 Å². The van der Waals surface area contributed by atoms with Crippen molar-refractivity contribution < 1.29 is 9.84 Å². The number of anilines is 1. The molecule has 0 spiro atoms. The summed E-state index contributed by atoms with van der Waals surface area (Å²) in [5.74, 6) is 1.34. The summed E-state index contributed by atoms with van der Waals surface area (Å²) in [6, 6.07) is 10.3. The highest BCUT2D eigenvalue weighted by Crippen LogP contribution is 2.33. The van der Waals surface area contributed by atoms with Crippen molar-refractivity contribution in [2.24, 2.45) is 0 Å².